The van der Waals surface area contributed by atoms with Crippen LogP contribution >= 0.6 is 0 Å². The van der Waals surface area contributed by atoms with Crippen molar-refractivity contribution in [3.63, 3.8) is 0 Å². The number of rotatable bonds is 3. The summed E-state index contributed by atoms with van der Waals surface area (Å²) >= 11 is 0. The van der Waals surface area contributed by atoms with Gasteiger partial charge in [-0.3, -0.25) is 4.90 Å². The third-order valence-electron chi connectivity index (χ3n) is 2.13. The second-order valence-electron chi connectivity index (χ2n) is 3.59. The average molecular weight is 262 g/mol. The van der Waals surface area contributed by atoms with E-state index in [0.717, 1.165) is 26.1 Å². The number of hydrogen-bond donors (Lipinski definition) is 1. The summed E-state index contributed by atoms with van der Waals surface area (Å²) in [6.45, 7) is 7.49. The Hall–Kier alpha value is 0.984. The molecule has 0 amide bonds. The van der Waals surface area contributed by atoms with Crippen LogP contribution in [0.3, 0.4) is 0 Å². The van der Waals surface area contributed by atoms with Gasteiger partial charge in [0.1, 0.15) is 0 Å². The molecule has 0 saturated carbocycles. The largest absolute Gasteiger partial charge is 0.396 e. The van der Waals surface area contributed by atoms with Crippen molar-refractivity contribution < 1.29 is 42.6 Å². The molecule has 1 saturated heterocycles. The fraction of sp³-hybridized carbons (Fsp3) is 1.00. The molecule has 2 atom stereocenters. The number of hydrogen-bond acceptors (Lipinski definition) is 3. The molecule has 1 aliphatic heterocycles. The van der Waals surface area contributed by atoms with Gasteiger partial charge in [0.25, 0.3) is 0 Å². The first-order valence-electron chi connectivity index (χ1n) is 4.71. The van der Waals surface area contributed by atoms with E-state index in [1.165, 1.54) is 0 Å². The summed E-state index contributed by atoms with van der Waals surface area (Å²) in [7, 11) is 0. The van der Waals surface area contributed by atoms with E-state index in [-0.39, 0.29) is 32.7 Å². The fourth-order valence-electron chi connectivity index (χ4n) is 1.76. The summed E-state index contributed by atoms with van der Waals surface area (Å²) < 4.78 is 5.59. The second-order valence-corrected chi connectivity index (χ2v) is 3.59. The molecule has 4 heteroatoms. The van der Waals surface area contributed by atoms with E-state index in [9.17, 15) is 0 Å². The Morgan fingerprint density at radius 2 is 1.85 bits per heavy atom. The first kappa shape index (κ1) is 14.0. The second kappa shape index (κ2) is 7.30. The van der Waals surface area contributed by atoms with E-state index in [2.05, 4.69) is 18.7 Å². The van der Waals surface area contributed by atoms with Crippen molar-refractivity contribution >= 4 is 0 Å². The maximum Gasteiger partial charge on any atom is 0.0678 e. The van der Waals surface area contributed by atoms with Gasteiger partial charge < -0.3 is 9.84 Å². The molecular formula is C9H19NO2Y. The van der Waals surface area contributed by atoms with Crippen LogP contribution in [-0.2, 0) is 37.4 Å². The van der Waals surface area contributed by atoms with Crippen LogP contribution in [0, 0.1) is 0 Å². The van der Waals surface area contributed by atoms with Gasteiger partial charge >= 0.3 is 0 Å². The van der Waals surface area contributed by atoms with Crippen LogP contribution in [0.4, 0.5) is 0 Å². The van der Waals surface area contributed by atoms with Gasteiger partial charge in [0.2, 0.25) is 0 Å². The van der Waals surface area contributed by atoms with E-state index in [1.54, 1.807) is 0 Å². The van der Waals surface area contributed by atoms with E-state index in [0.29, 0.717) is 18.8 Å². The maximum absolute atomic E-state index is 8.67. The molecule has 1 radical (unpaired) electrons. The zero-order valence-electron chi connectivity index (χ0n) is 8.57. The minimum atomic E-state index is 0. The standard InChI is InChI=1S/C9H19NO2.Y/c1-8-6-10(4-3-5-11)7-9(2)12-8;/h8-9,11H,3-7H2,1-2H3;. The van der Waals surface area contributed by atoms with Gasteiger partial charge in [-0.2, -0.15) is 0 Å². The minimum Gasteiger partial charge on any atom is -0.396 e. The third kappa shape index (κ3) is 5.43. The smallest absolute Gasteiger partial charge is 0.0678 e. The summed E-state index contributed by atoms with van der Waals surface area (Å²) in [4.78, 5) is 2.36. The van der Waals surface area contributed by atoms with Crippen LogP contribution in [0.15, 0.2) is 0 Å². The van der Waals surface area contributed by atoms with E-state index < -0.39 is 0 Å². The zero-order chi connectivity index (χ0) is 8.97. The monoisotopic (exact) mass is 262 g/mol. The SMILES string of the molecule is CC1CN(CCCO)CC(C)O1.[Y]. The Balaban J connectivity index is 0.00000144. The van der Waals surface area contributed by atoms with Crippen LogP contribution in [0.5, 0.6) is 0 Å². The van der Waals surface area contributed by atoms with Crippen LogP contribution in [-0.4, -0.2) is 48.5 Å². The van der Waals surface area contributed by atoms with Gasteiger partial charge in [-0.05, 0) is 20.3 Å². The predicted octanol–water partition coefficient (Wildman–Crippen LogP) is 0.475. The molecule has 0 bridgehead atoms. The number of aliphatic hydroxyl groups excluding tert-OH is 1. The number of morpholine rings is 1. The topological polar surface area (TPSA) is 32.7 Å². The fourth-order valence-corrected chi connectivity index (χ4v) is 1.76. The molecule has 3 nitrogen and oxygen atoms in total. The van der Waals surface area contributed by atoms with Crippen LogP contribution in [0.25, 0.3) is 0 Å². The van der Waals surface area contributed by atoms with Gasteiger partial charge in [0, 0.05) is 59.0 Å². The predicted molar refractivity (Wildman–Crippen MR) is 48.2 cm³/mol. The third-order valence-corrected chi connectivity index (χ3v) is 2.13. The zero-order valence-corrected chi connectivity index (χ0v) is 11.4. The van der Waals surface area contributed by atoms with E-state index in [4.69, 9.17) is 9.84 Å². The van der Waals surface area contributed by atoms with Crippen molar-refractivity contribution in [1.29, 1.82) is 0 Å². The molecule has 1 fully saturated rings. The average Bonchev–Trinajstić information content (AvgIpc) is 1.99. The van der Waals surface area contributed by atoms with Crippen molar-refractivity contribution in [3.05, 3.63) is 0 Å². The van der Waals surface area contributed by atoms with Crippen LogP contribution in [0.2, 0.25) is 0 Å². The van der Waals surface area contributed by atoms with Crippen molar-refractivity contribution in [1.82, 2.24) is 4.90 Å². The van der Waals surface area contributed by atoms with Crippen LogP contribution < -0.4 is 0 Å². The Kier molecular flexibility index (Phi) is 7.85. The van der Waals surface area contributed by atoms with Crippen molar-refractivity contribution in [2.75, 3.05) is 26.2 Å². The number of nitrogens with zero attached hydrogens (tertiary/aromatic N) is 1. The van der Waals surface area contributed by atoms with Crippen molar-refractivity contribution in [3.8, 4) is 0 Å². The summed E-state index contributed by atoms with van der Waals surface area (Å²) in [6, 6.07) is 0. The summed E-state index contributed by atoms with van der Waals surface area (Å²) in [5.74, 6) is 0. The van der Waals surface area contributed by atoms with Gasteiger partial charge in [-0.25, -0.2) is 0 Å². The van der Waals surface area contributed by atoms with Gasteiger partial charge in [-0.15, -0.1) is 0 Å². The summed E-state index contributed by atoms with van der Waals surface area (Å²) in [5.41, 5.74) is 0. The van der Waals surface area contributed by atoms with Gasteiger partial charge in [0.15, 0.2) is 0 Å². The molecule has 0 aromatic heterocycles. The molecule has 1 N–H and O–H groups in total. The molecular weight excluding hydrogens is 243 g/mol. The summed E-state index contributed by atoms with van der Waals surface area (Å²) in [5, 5.41) is 8.67. The molecule has 0 aliphatic carbocycles. The molecule has 75 valence electrons. The van der Waals surface area contributed by atoms with E-state index >= 15 is 0 Å². The number of ether oxygens (including phenoxy) is 1. The van der Waals surface area contributed by atoms with Crippen LogP contribution in [0.1, 0.15) is 20.3 Å². The van der Waals surface area contributed by atoms with Crippen molar-refractivity contribution in [2.24, 2.45) is 0 Å². The molecule has 1 aliphatic rings. The Morgan fingerprint density at radius 3 is 2.31 bits per heavy atom. The molecule has 1 heterocycles. The summed E-state index contributed by atoms with van der Waals surface area (Å²) in [6.07, 6.45) is 1.55. The first-order chi connectivity index (χ1) is 5.72. The Labute approximate surface area is 106 Å². The molecule has 1 rings (SSSR count). The van der Waals surface area contributed by atoms with Gasteiger partial charge in [-0.1, -0.05) is 0 Å². The maximum atomic E-state index is 8.67. The first-order valence-corrected chi connectivity index (χ1v) is 4.71. The molecule has 0 aromatic carbocycles. The Bertz CT molecular complexity index is 125. The molecule has 2 unspecified atom stereocenters. The van der Waals surface area contributed by atoms with Crippen molar-refractivity contribution in [2.45, 2.75) is 32.5 Å². The Morgan fingerprint density at radius 1 is 1.31 bits per heavy atom. The molecule has 0 aromatic rings. The quantitative estimate of drug-likeness (QED) is 0.802. The van der Waals surface area contributed by atoms with E-state index in [1.807, 2.05) is 0 Å². The molecule has 13 heavy (non-hydrogen) atoms. The van der Waals surface area contributed by atoms with Gasteiger partial charge in [0.05, 0.1) is 12.2 Å². The normalized spacial score (nSPS) is 29.8. The minimum absolute atomic E-state index is 0. The number of aliphatic hydroxyl groups is 1. The molecule has 0 spiro atoms.